The average molecular weight is 482 g/mol. The Bertz CT molecular complexity index is 907. The molecule has 0 saturated heterocycles. The molecular weight excluding hydrogens is 454 g/mol. The van der Waals surface area contributed by atoms with Gasteiger partial charge in [0.15, 0.2) is 11.8 Å². The second kappa shape index (κ2) is 6.91. The van der Waals surface area contributed by atoms with Gasteiger partial charge < -0.3 is 4.74 Å². The Labute approximate surface area is 185 Å². The molecule has 156 valence electrons. The molecule has 3 saturated carbocycles. The Morgan fingerprint density at radius 3 is 2.59 bits per heavy atom. The third-order valence-electron chi connectivity index (χ3n) is 7.80. The van der Waals surface area contributed by atoms with Crippen molar-refractivity contribution in [3.63, 3.8) is 0 Å². The fourth-order valence-corrected chi connectivity index (χ4v) is 6.37. The smallest absolute Gasteiger partial charge is 0.387 e. The number of carbonyl (C=O) groups excluding carboxylic acids is 2. The number of nitrogens with zero attached hydrogens (tertiary/aromatic N) is 1. The highest BCUT2D eigenvalue weighted by Gasteiger charge is 2.80. The Balaban J connectivity index is 1.70. The molecule has 0 N–H and O–H groups in total. The molecular formula is C23H28BrClNO3+. The van der Waals surface area contributed by atoms with Gasteiger partial charge in [0.25, 0.3) is 0 Å². The maximum absolute atomic E-state index is 13.3. The number of carbonyl (C=O) groups is 2. The summed E-state index contributed by atoms with van der Waals surface area (Å²) in [6.07, 6.45) is 5.83. The van der Waals surface area contributed by atoms with E-state index < -0.39 is 0 Å². The van der Waals surface area contributed by atoms with Gasteiger partial charge in [-0.05, 0) is 39.5 Å². The summed E-state index contributed by atoms with van der Waals surface area (Å²) in [5.74, 6) is 0.645. The molecule has 0 spiro atoms. The standard InChI is InChI=1S/C23H28BrClNO3/c1-5-14(2)16-10-26(23-11-22(12-23,13-23)20(28)29-4)19(27)9-21(16,3)15-6-7-17(24)18(25)8-15/h6-8,10,14,16H,5,9,11-13H2,1-4H3/q+1/t14-,16?,21-,22?,23?/m0/s1. The van der Waals surface area contributed by atoms with Crippen molar-refractivity contribution >= 4 is 45.6 Å². The molecule has 4 aliphatic rings. The third-order valence-corrected chi connectivity index (χ3v) is 9.03. The van der Waals surface area contributed by atoms with Crippen molar-refractivity contribution in [3.05, 3.63) is 33.3 Å². The van der Waals surface area contributed by atoms with Crippen LogP contribution in [0.1, 0.15) is 58.4 Å². The zero-order valence-corrected chi connectivity index (χ0v) is 19.8. The number of rotatable bonds is 5. The molecule has 29 heavy (non-hydrogen) atoms. The molecule has 1 unspecified atom stereocenters. The van der Waals surface area contributed by atoms with Crippen LogP contribution in [-0.2, 0) is 19.7 Å². The number of esters is 1. The van der Waals surface area contributed by atoms with Crippen LogP contribution in [0, 0.1) is 17.3 Å². The maximum Gasteiger partial charge on any atom is 0.387 e. The first kappa shape index (κ1) is 21.0. The van der Waals surface area contributed by atoms with Gasteiger partial charge >= 0.3 is 11.9 Å². The first-order chi connectivity index (χ1) is 13.6. The number of ether oxygens (including phenoxy) is 1. The van der Waals surface area contributed by atoms with Crippen LogP contribution in [0.4, 0.5) is 0 Å². The molecule has 0 aromatic heterocycles. The van der Waals surface area contributed by atoms with E-state index in [0.29, 0.717) is 17.4 Å². The number of amides is 1. The first-order valence-electron chi connectivity index (χ1n) is 10.3. The fourth-order valence-electron chi connectivity index (χ4n) is 5.95. The maximum atomic E-state index is 13.3. The fraction of sp³-hybridized carbons (Fsp3) is 0.609. The van der Waals surface area contributed by atoms with Gasteiger partial charge in [-0.1, -0.05) is 44.9 Å². The van der Waals surface area contributed by atoms with E-state index in [2.05, 4.69) is 49.0 Å². The van der Waals surface area contributed by atoms with E-state index in [1.807, 2.05) is 16.7 Å². The largest absolute Gasteiger partial charge is 0.469 e. The van der Waals surface area contributed by atoms with E-state index in [1.165, 1.54) is 7.11 Å². The van der Waals surface area contributed by atoms with Crippen molar-refractivity contribution in [3.8, 4) is 0 Å². The lowest BCUT2D eigenvalue weighted by molar-refractivity contribution is -0.604. The summed E-state index contributed by atoms with van der Waals surface area (Å²) >= 11 is 9.86. The lowest BCUT2D eigenvalue weighted by atomic mass is 9.39. The van der Waals surface area contributed by atoms with Crippen molar-refractivity contribution < 1.29 is 18.9 Å². The topological polar surface area (TPSA) is 46.4 Å². The van der Waals surface area contributed by atoms with Crippen LogP contribution in [0.2, 0.25) is 5.02 Å². The molecule has 1 aromatic carbocycles. The van der Waals surface area contributed by atoms with Gasteiger partial charge in [0.05, 0.1) is 24.0 Å². The van der Waals surface area contributed by atoms with E-state index in [4.69, 9.17) is 16.3 Å². The van der Waals surface area contributed by atoms with Crippen LogP contribution < -0.4 is 0 Å². The Hall–Kier alpha value is -1.20. The first-order valence-corrected chi connectivity index (χ1v) is 11.5. The molecule has 3 fully saturated rings. The number of methoxy groups -OCH3 is 1. The molecule has 6 heteroatoms. The second-order valence-corrected chi connectivity index (χ2v) is 10.8. The van der Waals surface area contributed by atoms with E-state index in [0.717, 1.165) is 35.7 Å². The van der Waals surface area contributed by atoms with Gasteiger partial charge in [-0.15, -0.1) is 0 Å². The summed E-state index contributed by atoms with van der Waals surface area (Å²) in [6.45, 7) is 6.64. The number of hydrogen-bond donors (Lipinski definition) is 0. The van der Waals surface area contributed by atoms with Gasteiger partial charge in [-0.2, -0.15) is 4.58 Å². The van der Waals surface area contributed by atoms with Gasteiger partial charge in [-0.3, -0.25) is 4.79 Å². The Kier molecular flexibility index (Phi) is 5.02. The van der Waals surface area contributed by atoms with Gasteiger partial charge in [0.2, 0.25) is 0 Å². The summed E-state index contributed by atoms with van der Waals surface area (Å²) in [4.78, 5) is 25.4. The van der Waals surface area contributed by atoms with Gasteiger partial charge in [-0.25, -0.2) is 4.79 Å². The van der Waals surface area contributed by atoms with Crippen molar-refractivity contribution in [1.29, 1.82) is 0 Å². The number of benzene rings is 1. The molecule has 1 heterocycles. The quantitative estimate of drug-likeness (QED) is 0.432. The Morgan fingerprint density at radius 2 is 2.03 bits per heavy atom. The van der Waals surface area contributed by atoms with E-state index in [-0.39, 0.29) is 34.2 Å². The zero-order valence-electron chi connectivity index (χ0n) is 17.4. The molecule has 1 aliphatic heterocycles. The molecule has 3 atom stereocenters. The average Bonchev–Trinajstić information content (AvgIpc) is 2.62. The predicted octanol–water partition coefficient (Wildman–Crippen LogP) is 5.13. The number of halogens is 2. The highest BCUT2D eigenvalue weighted by atomic mass is 79.9. The van der Waals surface area contributed by atoms with E-state index in [1.54, 1.807) is 0 Å². The molecule has 4 nitrogen and oxygen atoms in total. The lowest BCUT2D eigenvalue weighted by Crippen LogP contribution is -2.76. The monoisotopic (exact) mass is 480 g/mol. The molecule has 2 bridgehead atoms. The molecule has 0 radical (unpaired) electrons. The minimum atomic E-state index is -0.352. The zero-order chi connectivity index (χ0) is 21.2. The molecule has 5 rings (SSSR count). The van der Waals surface area contributed by atoms with Gasteiger partial charge in [0, 0.05) is 35.1 Å². The summed E-state index contributed by atoms with van der Waals surface area (Å²) in [5.41, 5.74) is 0.255. The van der Waals surface area contributed by atoms with Crippen LogP contribution in [-0.4, -0.2) is 35.3 Å². The molecule has 1 amide bonds. The van der Waals surface area contributed by atoms with Crippen LogP contribution in [0.15, 0.2) is 22.7 Å². The van der Waals surface area contributed by atoms with Crippen LogP contribution in [0.25, 0.3) is 0 Å². The highest BCUT2D eigenvalue weighted by molar-refractivity contribution is 9.10. The van der Waals surface area contributed by atoms with Gasteiger partial charge in [0.1, 0.15) is 0 Å². The van der Waals surface area contributed by atoms with E-state index in [9.17, 15) is 9.59 Å². The minimum absolute atomic E-state index is 0.128. The lowest BCUT2D eigenvalue weighted by Gasteiger charge is -2.63. The summed E-state index contributed by atoms with van der Waals surface area (Å²) in [5, 5.41) is 0.668. The van der Waals surface area contributed by atoms with Crippen molar-refractivity contribution in [1.82, 2.24) is 0 Å². The summed E-state index contributed by atoms with van der Waals surface area (Å²) in [7, 11) is 1.45. The van der Waals surface area contributed by atoms with Crippen molar-refractivity contribution in [2.75, 3.05) is 7.11 Å². The SMILES string of the molecule is CC[C@H](C)C1C=[N+](C23CC(C(=O)OC)(C2)C3)C(=O)C[C@@]1(C)c1ccc(Br)c(Cl)c1. The minimum Gasteiger partial charge on any atom is -0.469 e. The Morgan fingerprint density at radius 1 is 1.38 bits per heavy atom. The summed E-state index contributed by atoms with van der Waals surface area (Å²) in [6, 6.07) is 6.04. The van der Waals surface area contributed by atoms with Crippen LogP contribution >= 0.6 is 27.5 Å². The van der Waals surface area contributed by atoms with Crippen molar-refractivity contribution in [2.45, 2.75) is 63.8 Å². The molecule has 3 aliphatic carbocycles. The molecule has 1 aromatic rings. The second-order valence-electron chi connectivity index (χ2n) is 9.57. The normalized spacial score (nSPS) is 36.6. The van der Waals surface area contributed by atoms with E-state index >= 15 is 0 Å². The summed E-state index contributed by atoms with van der Waals surface area (Å²) < 4.78 is 7.82. The van der Waals surface area contributed by atoms with Crippen LogP contribution in [0.3, 0.4) is 0 Å². The predicted molar refractivity (Wildman–Crippen MR) is 116 cm³/mol. The number of hydrogen-bond acceptors (Lipinski definition) is 3. The highest BCUT2D eigenvalue weighted by Crippen LogP contribution is 2.69. The van der Waals surface area contributed by atoms with Crippen molar-refractivity contribution in [2.24, 2.45) is 17.3 Å². The third kappa shape index (κ3) is 2.95. The van der Waals surface area contributed by atoms with Crippen LogP contribution in [0.5, 0.6) is 0 Å².